The first-order valence-corrected chi connectivity index (χ1v) is 7.39. The molecule has 5 heteroatoms. The van der Waals surface area contributed by atoms with Gasteiger partial charge >= 0.3 is 0 Å². The summed E-state index contributed by atoms with van der Waals surface area (Å²) in [6.45, 7) is 2.02. The van der Waals surface area contributed by atoms with E-state index in [9.17, 15) is 14.0 Å². The van der Waals surface area contributed by atoms with Crippen molar-refractivity contribution >= 4 is 23.0 Å². The first-order chi connectivity index (χ1) is 9.97. The summed E-state index contributed by atoms with van der Waals surface area (Å²) < 4.78 is 12.8. The zero-order valence-corrected chi connectivity index (χ0v) is 12.7. The normalized spacial score (nSPS) is 10.4. The molecule has 0 saturated heterocycles. The van der Waals surface area contributed by atoms with Crippen LogP contribution in [0.1, 0.15) is 31.8 Å². The van der Waals surface area contributed by atoms with Gasteiger partial charge in [-0.2, -0.15) is 0 Å². The highest BCUT2D eigenvalue weighted by Crippen LogP contribution is 2.18. The lowest BCUT2D eigenvalue weighted by atomic mass is 10.1. The molecule has 21 heavy (non-hydrogen) atoms. The summed E-state index contributed by atoms with van der Waals surface area (Å²) >= 11 is 1.21. The number of hydrogen-bond donors (Lipinski definition) is 0. The third-order valence-electron chi connectivity index (χ3n) is 3.16. The molecule has 2 aromatic rings. The average molecular weight is 305 g/mol. The molecule has 0 aliphatic heterocycles. The van der Waals surface area contributed by atoms with E-state index in [0.29, 0.717) is 22.7 Å². The Labute approximate surface area is 127 Å². The highest BCUT2D eigenvalue weighted by molar-refractivity contribution is 7.15. The van der Waals surface area contributed by atoms with Crippen LogP contribution in [-0.2, 0) is 6.42 Å². The number of rotatable bonds is 5. The van der Waals surface area contributed by atoms with Crippen LogP contribution in [0.4, 0.5) is 4.39 Å². The van der Waals surface area contributed by atoms with Crippen molar-refractivity contribution in [3.05, 3.63) is 57.5 Å². The van der Waals surface area contributed by atoms with E-state index in [1.807, 2.05) is 0 Å². The van der Waals surface area contributed by atoms with Crippen LogP contribution in [0.2, 0.25) is 0 Å². The Kier molecular flexibility index (Phi) is 4.85. The van der Waals surface area contributed by atoms with E-state index in [4.69, 9.17) is 0 Å². The molecule has 0 saturated carbocycles. The summed E-state index contributed by atoms with van der Waals surface area (Å²) in [5.41, 5.74) is 0.978. The summed E-state index contributed by atoms with van der Waals surface area (Å²) in [7, 11) is 1.72. The zero-order valence-electron chi connectivity index (χ0n) is 11.9. The Bertz CT molecular complexity index is 649. The molecule has 1 aromatic carbocycles. The standard InChI is InChI=1S/C16H16FNO2S/c1-11(19)14-7-8-15(21-14)16(20)18(2)10-9-12-3-5-13(17)6-4-12/h3-8H,9-10H2,1-2H3. The van der Waals surface area contributed by atoms with Crippen molar-refractivity contribution in [2.24, 2.45) is 0 Å². The lowest BCUT2D eigenvalue weighted by Gasteiger charge is -2.16. The van der Waals surface area contributed by atoms with Gasteiger partial charge in [0.2, 0.25) is 0 Å². The number of carbonyl (C=O) groups is 2. The number of likely N-dealkylation sites (N-methyl/N-ethyl adjacent to an activating group) is 1. The Morgan fingerprint density at radius 3 is 2.29 bits per heavy atom. The quantitative estimate of drug-likeness (QED) is 0.794. The molecule has 0 unspecified atom stereocenters. The van der Waals surface area contributed by atoms with E-state index in [1.165, 1.54) is 30.4 Å². The molecule has 3 nitrogen and oxygen atoms in total. The van der Waals surface area contributed by atoms with E-state index >= 15 is 0 Å². The first kappa shape index (κ1) is 15.4. The largest absolute Gasteiger partial charge is 0.341 e. The maximum Gasteiger partial charge on any atom is 0.263 e. The maximum atomic E-state index is 12.8. The van der Waals surface area contributed by atoms with Crippen molar-refractivity contribution < 1.29 is 14.0 Å². The topological polar surface area (TPSA) is 37.4 Å². The van der Waals surface area contributed by atoms with Crippen molar-refractivity contribution in [2.75, 3.05) is 13.6 Å². The molecule has 0 bridgehead atoms. The lowest BCUT2D eigenvalue weighted by molar-refractivity contribution is 0.0801. The smallest absolute Gasteiger partial charge is 0.263 e. The Morgan fingerprint density at radius 2 is 1.71 bits per heavy atom. The highest BCUT2D eigenvalue weighted by atomic mass is 32.1. The summed E-state index contributed by atoms with van der Waals surface area (Å²) in [6.07, 6.45) is 0.660. The molecule has 0 atom stereocenters. The Balaban J connectivity index is 1.95. The number of carbonyl (C=O) groups excluding carboxylic acids is 2. The monoisotopic (exact) mass is 305 g/mol. The molecule has 1 aromatic heterocycles. The number of ketones is 1. The first-order valence-electron chi connectivity index (χ1n) is 6.58. The average Bonchev–Trinajstić information content (AvgIpc) is 2.95. The van der Waals surface area contributed by atoms with Gasteiger partial charge in [-0.25, -0.2) is 4.39 Å². The second-order valence-electron chi connectivity index (χ2n) is 4.82. The second kappa shape index (κ2) is 6.63. The molecule has 0 N–H and O–H groups in total. The number of thiophene rings is 1. The molecular formula is C16H16FNO2S. The van der Waals surface area contributed by atoms with Gasteiger partial charge in [0.05, 0.1) is 9.75 Å². The van der Waals surface area contributed by atoms with Gasteiger partial charge in [0, 0.05) is 13.6 Å². The third kappa shape index (κ3) is 3.98. The molecule has 0 fully saturated rings. The fraction of sp³-hybridized carbons (Fsp3) is 0.250. The molecule has 0 aliphatic rings. The fourth-order valence-electron chi connectivity index (χ4n) is 1.88. The molecule has 0 aliphatic carbocycles. The molecule has 0 spiro atoms. The second-order valence-corrected chi connectivity index (χ2v) is 5.91. The highest BCUT2D eigenvalue weighted by Gasteiger charge is 2.15. The van der Waals surface area contributed by atoms with Gasteiger partial charge in [-0.15, -0.1) is 11.3 Å². The number of nitrogens with zero attached hydrogens (tertiary/aromatic N) is 1. The third-order valence-corrected chi connectivity index (χ3v) is 4.33. The Morgan fingerprint density at radius 1 is 1.10 bits per heavy atom. The predicted octanol–water partition coefficient (Wildman–Crippen LogP) is 3.40. The van der Waals surface area contributed by atoms with Crippen LogP contribution < -0.4 is 0 Å². The molecule has 2 rings (SSSR count). The minimum atomic E-state index is -0.265. The van der Waals surface area contributed by atoms with Crippen LogP contribution in [0.15, 0.2) is 36.4 Å². The van der Waals surface area contributed by atoms with Crippen LogP contribution in [0.3, 0.4) is 0 Å². The summed E-state index contributed by atoms with van der Waals surface area (Å²) in [5, 5.41) is 0. The van der Waals surface area contributed by atoms with Gasteiger partial charge in [0.25, 0.3) is 5.91 Å². The van der Waals surface area contributed by atoms with E-state index < -0.39 is 0 Å². The van der Waals surface area contributed by atoms with Gasteiger partial charge in [-0.05, 0) is 43.2 Å². The molecule has 1 heterocycles. The maximum absolute atomic E-state index is 12.8. The Hall–Kier alpha value is -2.01. The minimum absolute atomic E-state index is 0.0342. The number of amides is 1. The van der Waals surface area contributed by atoms with Crippen LogP contribution in [0, 0.1) is 5.82 Å². The summed E-state index contributed by atoms with van der Waals surface area (Å²) in [4.78, 5) is 26.2. The fourth-order valence-corrected chi connectivity index (χ4v) is 2.78. The molecule has 0 radical (unpaired) electrons. The lowest BCUT2D eigenvalue weighted by Crippen LogP contribution is -2.28. The van der Waals surface area contributed by atoms with Crippen LogP contribution in [-0.4, -0.2) is 30.2 Å². The van der Waals surface area contributed by atoms with Gasteiger partial charge in [-0.3, -0.25) is 9.59 Å². The van der Waals surface area contributed by atoms with Crippen molar-refractivity contribution in [1.82, 2.24) is 4.90 Å². The van der Waals surface area contributed by atoms with Gasteiger partial charge < -0.3 is 4.90 Å². The van der Waals surface area contributed by atoms with Gasteiger partial charge in [-0.1, -0.05) is 12.1 Å². The van der Waals surface area contributed by atoms with E-state index in [-0.39, 0.29) is 17.5 Å². The number of benzene rings is 1. The number of halogens is 1. The van der Waals surface area contributed by atoms with Gasteiger partial charge in [0.15, 0.2) is 5.78 Å². The summed E-state index contributed by atoms with van der Waals surface area (Å²) in [5.74, 6) is -0.402. The van der Waals surface area contributed by atoms with Crippen molar-refractivity contribution in [2.45, 2.75) is 13.3 Å². The minimum Gasteiger partial charge on any atom is -0.341 e. The number of hydrogen-bond acceptors (Lipinski definition) is 3. The van der Waals surface area contributed by atoms with Gasteiger partial charge in [0.1, 0.15) is 5.82 Å². The van der Waals surface area contributed by atoms with Crippen LogP contribution >= 0.6 is 11.3 Å². The molecular weight excluding hydrogens is 289 g/mol. The molecule has 110 valence electrons. The van der Waals surface area contributed by atoms with Crippen molar-refractivity contribution in [3.8, 4) is 0 Å². The SMILES string of the molecule is CC(=O)c1ccc(C(=O)N(C)CCc2ccc(F)cc2)s1. The van der Waals surface area contributed by atoms with Crippen molar-refractivity contribution in [1.29, 1.82) is 0 Å². The zero-order chi connectivity index (χ0) is 15.4. The van der Waals surface area contributed by atoms with E-state index in [0.717, 1.165) is 5.56 Å². The van der Waals surface area contributed by atoms with E-state index in [2.05, 4.69) is 0 Å². The van der Waals surface area contributed by atoms with E-state index in [1.54, 1.807) is 36.2 Å². The van der Waals surface area contributed by atoms with Crippen molar-refractivity contribution in [3.63, 3.8) is 0 Å². The molecule has 1 amide bonds. The summed E-state index contributed by atoms with van der Waals surface area (Å²) in [6, 6.07) is 9.61. The predicted molar refractivity (Wildman–Crippen MR) is 81.4 cm³/mol. The van der Waals surface area contributed by atoms with Crippen LogP contribution in [0.5, 0.6) is 0 Å². The van der Waals surface area contributed by atoms with Crippen LogP contribution in [0.25, 0.3) is 0 Å². The number of Topliss-reactive ketones (excluding diaryl/α,β-unsaturated/α-hetero) is 1.